The zero-order valence-electron chi connectivity index (χ0n) is 16.2. The number of amides is 1. The minimum absolute atomic E-state index is 0.0702. The maximum atomic E-state index is 14.2. The lowest BCUT2D eigenvalue weighted by Gasteiger charge is -2.14. The number of nitrogens with zero attached hydrogens (tertiary/aromatic N) is 5. The summed E-state index contributed by atoms with van der Waals surface area (Å²) in [6, 6.07) is 9.46. The number of anilines is 2. The Morgan fingerprint density at radius 2 is 2.00 bits per heavy atom. The number of nitrogens with two attached hydrogens (primary N) is 1. The highest BCUT2D eigenvalue weighted by atomic mass is 19.1. The fourth-order valence-corrected chi connectivity index (χ4v) is 2.81. The molecule has 4 aromatic rings. The standard InChI is InChI=1S/C19H16FN7O5/c20-11-4-2-1-3-10(11)9-27-15(12-5-6-32-26-12)7-13(25-27)17-22-8-14(16(21)24-17)23-18(28)19(29,30)31/h1-8,29-31H,9H2,(H,23,28)(H2,21,22,24). The van der Waals surface area contributed by atoms with Crippen molar-refractivity contribution in [3.8, 4) is 22.9 Å². The van der Waals surface area contributed by atoms with Gasteiger partial charge in [0.2, 0.25) is 0 Å². The molecular weight excluding hydrogens is 425 g/mol. The summed E-state index contributed by atoms with van der Waals surface area (Å²) in [6.45, 7) is 0.0874. The quantitative estimate of drug-likeness (QED) is 0.261. The molecule has 1 amide bonds. The van der Waals surface area contributed by atoms with Crippen LogP contribution < -0.4 is 11.1 Å². The maximum absolute atomic E-state index is 14.2. The maximum Gasteiger partial charge on any atom is 0.360 e. The minimum atomic E-state index is -3.59. The topological polar surface area (TPSA) is 185 Å². The molecule has 12 nitrogen and oxygen atoms in total. The van der Waals surface area contributed by atoms with E-state index in [1.54, 1.807) is 30.3 Å². The van der Waals surface area contributed by atoms with Gasteiger partial charge in [-0.25, -0.2) is 14.4 Å². The number of aromatic nitrogens is 5. The van der Waals surface area contributed by atoms with Gasteiger partial charge in [0.15, 0.2) is 11.6 Å². The molecule has 0 atom stereocenters. The second kappa shape index (κ2) is 8.14. The Morgan fingerprint density at radius 1 is 1.22 bits per heavy atom. The number of aliphatic hydroxyl groups is 3. The number of rotatable bonds is 6. The number of carbonyl (C=O) groups excluding carboxylic acids is 1. The summed E-state index contributed by atoms with van der Waals surface area (Å²) in [5, 5.41) is 37.0. The van der Waals surface area contributed by atoms with Crippen LogP contribution in [0.15, 0.2) is 53.4 Å². The first-order valence-corrected chi connectivity index (χ1v) is 9.06. The summed E-state index contributed by atoms with van der Waals surface area (Å²) in [4.78, 5) is 19.6. The first-order valence-electron chi connectivity index (χ1n) is 9.06. The van der Waals surface area contributed by atoms with Crippen LogP contribution in [-0.2, 0) is 11.3 Å². The van der Waals surface area contributed by atoms with Crippen LogP contribution in [0.1, 0.15) is 5.56 Å². The summed E-state index contributed by atoms with van der Waals surface area (Å²) in [6.07, 6.45) is 2.48. The number of hydrogen-bond donors (Lipinski definition) is 5. The van der Waals surface area contributed by atoms with Gasteiger partial charge in [0.1, 0.15) is 29.2 Å². The van der Waals surface area contributed by atoms with Gasteiger partial charge < -0.3 is 30.9 Å². The second-order valence-corrected chi connectivity index (χ2v) is 6.63. The molecular formula is C19H16FN7O5. The van der Waals surface area contributed by atoms with Crippen LogP contribution in [-0.4, -0.2) is 52.1 Å². The van der Waals surface area contributed by atoms with Crippen molar-refractivity contribution in [2.45, 2.75) is 12.5 Å². The van der Waals surface area contributed by atoms with Gasteiger partial charge in [-0.1, -0.05) is 23.4 Å². The summed E-state index contributed by atoms with van der Waals surface area (Å²) in [5.74, 6) is -5.68. The summed E-state index contributed by atoms with van der Waals surface area (Å²) in [7, 11) is 0. The zero-order chi connectivity index (χ0) is 22.9. The molecule has 4 rings (SSSR count). The van der Waals surface area contributed by atoms with Crippen LogP contribution in [0.4, 0.5) is 15.9 Å². The van der Waals surface area contributed by atoms with E-state index in [1.807, 2.05) is 5.32 Å². The Balaban J connectivity index is 1.69. The predicted octanol–water partition coefficient (Wildman–Crippen LogP) is 0.334. The first-order chi connectivity index (χ1) is 15.2. The molecule has 0 aliphatic heterocycles. The van der Waals surface area contributed by atoms with Gasteiger partial charge in [-0.2, -0.15) is 5.10 Å². The predicted molar refractivity (Wildman–Crippen MR) is 107 cm³/mol. The van der Waals surface area contributed by atoms with E-state index in [0.717, 1.165) is 6.20 Å². The largest absolute Gasteiger partial charge is 0.382 e. The molecule has 0 saturated heterocycles. The van der Waals surface area contributed by atoms with E-state index in [2.05, 4.69) is 20.2 Å². The average molecular weight is 441 g/mol. The fraction of sp³-hybridized carbons (Fsp3) is 0.105. The molecule has 3 aromatic heterocycles. The Kier molecular flexibility index (Phi) is 5.36. The fourth-order valence-electron chi connectivity index (χ4n) is 2.81. The van der Waals surface area contributed by atoms with Crippen molar-refractivity contribution >= 4 is 17.4 Å². The van der Waals surface area contributed by atoms with Gasteiger partial charge in [-0.3, -0.25) is 9.48 Å². The van der Waals surface area contributed by atoms with Gasteiger partial charge in [0, 0.05) is 11.6 Å². The number of carbonyl (C=O) groups is 1. The van der Waals surface area contributed by atoms with E-state index in [9.17, 15) is 9.18 Å². The van der Waals surface area contributed by atoms with Crippen molar-refractivity contribution in [2.75, 3.05) is 11.1 Å². The van der Waals surface area contributed by atoms with Crippen molar-refractivity contribution in [2.24, 2.45) is 0 Å². The van der Waals surface area contributed by atoms with Crippen molar-refractivity contribution < 1.29 is 29.0 Å². The molecule has 3 heterocycles. The SMILES string of the molecule is Nc1nc(-c2cc(-c3ccon3)n(Cc3ccccc3F)n2)ncc1NC(=O)C(O)(O)O. The number of nitrogen functional groups attached to an aromatic ring is 1. The van der Waals surface area contributed by atoms with Crippen LogP contribution in [0.25, 0.3) is 22.9 Å². The lowest BCUT2D eigenvalue weighted by atomic mass is 10.2. The highest BCUT2D eigenvalue weighted by molar-refractivity contribution is 5.96. The normalized spacial score (nSPS) is 11.5. The second-order valence-electron chi connectivity index (χ2n) is 6.63. The molecule has 0 aliphatic rings. The van der Waals surface area contributed by atoms with E-state index in [1.165, 1.54) is 17.0 Å². The third-order valence-electron chi connectivity index (χ3n) is 4.36. The summed E-state index contributed by atoms with van der Waals surface area (Å²) in [5.41, 5.74) is 7.26. The smallest absolute Gasteiger partial charge is 0.360 e. The molecule has 13 heteroatoms. The molecule has 6 N–H and O–H groups in total. The van der Waals surface area contributed by atoms with Crippen LogP contribution in [0.2, 0.25) is 0 Å². The van der Waals surface area contributed by atoms with Crippen LogP contribution >= 0.6 is 0 Å². The number of nitrogens with one attached hydrogen (secondary N) is 1. The Bertz CT molecular complexity index is 1270. The number of benzene rings is 1. The average Bonchev–Trinajstić information content (AvgIpc) is 3.40. The van der Waals surface area contributed by atoms with Crippen molar-refractivity contribution in [3.05, 3.63) is 60.2 Å². The highest BCUT2D eigenvalue weighted by Crippen LogP contribution is 2.26. The van der Waals surface area contributed by atoms with E-state index in [-0.39, 0.29) is 29.6 Å². The number of hydrogen-bond acceptors (Lipinski definition) is 10. The van der Waals surface area contributed by atoms with Crippen molar-refractivity contribution in [3.63, 3.8) is 0 Å². The molecule has 1 aromatic carbocycles. The van der Waals surface area contributed by atoms with Crippen LogP contribution in [0, 0.1) is 5.82 Å². The summed E-state index contributed by atoms with van der Waals surface area (Å²) < 4.78 is 20.6. The monoisotopic (exact) mass is 441 g/mol. The molecule has 0 unspecified atom stereocenters. The lowest BCUT2D eigenvalue weighted by Crippen LogP contribution is -2.42. The Morgan fingerprint density at radius 3 is 2.66 bits per heavy atom. The summed E-state index contributed by atoms with van der Waals surface area (Å²) >= 11 is 0. The Labute approximate surface area is 178 Å². The van der Waals surface area contributed by atoms with Gasteiger partial charge in [-0.15, -0.1) is 0 Å². The molecule has 0 radical (unpaired) electrons. The molecule has 0 aliphatic carbocycles. The van der Waals surface area contributed by atoms with Gasteiger partial charge in [0.05, 0.1) is 18.4 Å². The van der Waals surface area contributed by atoms with E-state index in [0.29, 0.717) is 17.0 Å². The van der Waals surface area contributed by atoms with Crippen LogP contribution in [0.5, 0.6) is 0 Å². The first kappa shape index (κ1) is 21.0. The van der Waals surface area contributed by atoms with Crippen molar-refractivity contribution in [1.82, 2.24) is 24.9 Å². The lowest BCUT2D eigenvalue weighted by molar-refractivity contribution is -0.284. The molecule has 0 saturated carbocycles. The molecule has 164 valence electrons. The third-order valence-corrected chi connectivity index (χ3v) is 4.36. The van der Waals surface area contributed by atoms with Crippen molar-refractivity contribution in [1.29, 1.82) is 0 Å². The number of halogens is 1. The molecule has 0 fully saturated rings. The molecule has 0 spiro atoms. The third kappa shape index (κ3) is 4.29. The van der Waals surface area contributed by atoms with Crippen LogP contribution in [0.3, 0.4) is 0 Å². The van der Waals surface area contributed by atoms with Gasteiger partial charge in [0.25, 0.3) is 0 Å². The van der Waals surface area contributed by atoms with E-state index >= 15 is 0 Å². The highest BCUT2D eigenvalue weighted by Gasteiger charge is 2.31. The molecule has 0 bridgehead atoms. The van der Waals surface area contributed by atoms with Gasteiger partial charge >= 0.3 is 11.9 Å². The Hall–Kier alpha value is -4.20. The molecule has 32 heavy (non-hydrogen) atoms. The zero-order valence-corrected chi connectivity index (χ0v) is 16.2. The van der Waals surface area contributed by atoms with E-state index < -0.39 is 17.7 Å². The minimum Gasteiger partial charge on any atom is -0.382 e. The van der Waals surface area contributed by atoms with E-state index in [4.69, 9.17) is 25.6 Å². The van der Waals surface area contributed by atoms with Gasteiger partial charge in [-0.05, 0) is 12.1 Å².